The lowest BCUT2D eigenvalue weighted by molar-refractivity contribution is -0.116. The maximum absolute atomic E-state index is 13.7. The summed E-state index contributed by atoms with van der Waals surface area (Å²) in [4.78, 5) is 28.5. The van der Waals surface area contributed by atoms with Gasteiger partial charge in [0.1, 0.15) is 0 Å². The number of dihydropyridines is 1. The fourth-order valence-corrected chi connectivity index (χ4v) is 6.04. The number of rotatable bonds is 4. The van der Waals surface area contributed by atoms with Crippen molar-refractivity contribution in [3.8, 4) is 11.5 Å². The maximum atomic E-state index is 13.7. The summed E-state index contributed by atoms with van der Waals surface area (Å²) >= 11 is 1.68. The third-order valence-electron chi connectivity index (χ3n) is 6.78. The minimum absolute atomic E-state index is 0.0670. The van der Waals surface area contributed by atoms with Crippen molar-refractivity contribution in [1.29, 1.82) is 0 Å². The number of amides is 1. The van der Waals surface area contributed by atoms with Gasteiger partial charge in [-0.05, 0) is 54.6 Å². The van der Waals surface area contributed by atoms with Crippen LogP contribution >= 0.6 is 11.3 Å². The van der Waals surface area contributed by atoms with Crippen LogP contribution in [0.4, 0.5) is 5.69 Å². The van der Waals surface area contributed by atoms with Crippen molar-refractivity contribution in [1.82, 2.24) is 5.32 Å². The van der Waals surface area contributed by atoms with Gasteiger partial charge < -0.3 is 20.1 Å². The standard InChI is InChI=1S/C28H24N2O4S/c1-16-25(28(32)30-19-6-3-2-4-7-19)26(17-9-10-22-23(14-17)34-15-33-22)27-20(29-16)12-18(13-21(27)31)24-8-5-11-35-24/h2-11,14,18,26,29H,12-13,15H2,1H3,(H,30,32)/t18-,26+/m0/s1. The predicted molar refractivity (Wildman–Crippen MR) is 135 cm³/mol. The van der Waals surface area contributed by atoms with Gasteiger partial charge in [0.05, 0.1) is 0 Å². The summed E-state index contributed by atoms with van der Waals surface area (Å²) in [7, 11) is 0. The molecule has 3 aromatic rings. The lowest BCUT2D eigenvalue weighted by atomic mass is 9.72. The van der Waals surface area contributed by atoms with Crippen molar-refractivity contribution in [2.75, 3.05) is 12.1 Å². The first-order valence-corrected chi connectivity index (χ1v) is 12.5. The highest BCUT2D eigenvalue weighted by Crippen LogP contribution is 2.47. The number of hydrogen-bond acceptors (Lipinski definition) is 6. The molecule has 3 heterocycles. The molecule has 2 N–H and O–H groups in total. The van der Waals surface area contributed by atoms with Crippen LogP contribution in [0.2, 0.25) is 0 Å². The van der Waals surface area contributed by atoms with Gasteiger partial charge in [-0.3, -0.25) is 9.59 Å². The van der Waals surface area contributed by atoms with Crippen LogP contribution in [0.3, 0.4) is 0 Å². The van der Waals surface area contributed by atoms with Gasteiger partial charge in [0.25, 0.3) is 5.91 Å². The highest BCUT2D eigenvalue weighted by atomic mass is 32.1. The Balaban J connectivity index is 1.43. The molecule has 2 aromatic carbocycles. The van der Waals surface area contributed by atoms with E-state index in [0.29, 0.717) is 34.8 Å². The molecular weight excluding hydrogens is 460 g/mol. The van der Waals surface area contributed by atoms with E-state index in [1.807, 2.05) is 66.9 Å². The Morgan fingerprint density at radius 1 is 1.03 bits per heavy atom. The van der Waals surface area contributed by atoms with Crippen molar-refractivity contribution in [3.63, 3.8) is 0 Å². The molecular formula is C28H24N2O4S. The number of Topliss-reactive ketones (excluding diaryl/α,β-unsaturated/α-hetero) is 1. The molecule has 2 aliphatic heterocycles. The molecule has 0 bridgehead atoms. The van der Waals surface area contributed by atoms with Crippen molar-refractivity contribution in [2.45, 2.75) is 31.6 Å². The van der Waals surface area contributed by atoms with Crippen molar-refractivity contribution in [3.05, 3.63) is 99.0 Å². The number of thiophene rings is 1. The number of anilines is 1. The minimum atomic E-state index is -0.499. The Bertz CT molecular complexity index is 1380. The van der Waals surface area contributed by atoms with Crippen molar-refractivity contribution < 1.29 is 19.1 Å². The number of carbonyl (C=O) groups excluding carboxylic acids is 2. The molecule has 7 heteroatoms. The van der Waals surface area contributed by atoms with Crippen LogP contribution in [0, 0.1) is 0 Å². The van der Waals surface area contributed by atoms with Gasteiger partial charge in [-0.1, -0.05) is 30.3 Å². The van der Waals surface area contributed by atoms with Crippen LogP contribution < -0.4 is 20.1 Å². The van der Waals surface area contributed by atoms with E-state index in [9.17, 15) is 9.59 Å². The van der Waals surface area contributed by atoms with E-state index in [0.717, 1.165) is 23.4 Å². The normalized spacial score (nSPS) is 21.0. The Morgan fingerprint density at radius 3 is 2.66 bits per heavy atom. The number of benzene rings is 2. The number of ether oxygens (including phenoxy) is 2. The number of nitrogens with one attached hydrogen (secondary N) is 2. The number of ketones is 1. The van der Waals surface area contributed by atoms with Gasteiger partial charge >= 0.3 is 0 Å². The molecule has 35 heavy (non-hydrogen) atoms. The van der Waals surface area contributed by atoms with E-state index >= 15 is 0 Å². The number of carbonyl (C=O) groups is 2. The Morgan fingerprint density at radius 2 is 1.86 bits per heavy atom. The molecule has 0 spiro atoms. The average Bonchev–Trinajstić information content (AvgIpc) is 3.55. The van der Waals surface area contributed by atoms with E-state index in [2.05, 4.69) is 16.7 Å². The van der Waals surface area contributed by atoms with Crippen LogP contribution in [-0.4, -0.2) is 18.5 Å². The molecule has 0 fully saturated rings. The molecule has 2 atom stereocenters. The molecule has 0 unspecified atom stereocenters. The fraction of sp³-hybridized carbons (Fsp3) is 0.214. The molecule has 6 rings (SSSR count). The first-order chi connectivity index (χ1) is 17.1. The third-order valence-corrected chi connectivity index (χ3v) is 7.81. The van der Waals surface area contributed by atoms with Gasteiger partial charge in [-0.2, -0.15) is 0 Å². The second-order valence-corrected chi connectivity index (χ2v) is 9.94. The van der Waals surface area contributed by atoms with Crippen LogP contribution in [0.5, 0.6) is 11.5 Å². The van der Waals surface area contributed by atoms with Crippen LogP contribution in [0.15, 0.2) is 88.6 Å². The molecule has 0 saturated carbocycles. The van der Waals surface area contributed by atoms with E-state index < -0.39 is 5.92 Å². The highest BCUT2D eigenvalue weighted by molar-refractivity contribution is 7.10. The molecule has 1 amide bonds. The zero-order chi connectivity index (χ0) is 23.9. The topological polar surface area (TPSA) is 76.7 Å². The summed E-state index contributed by atoms with van der Waals surface area (Å²) in [6.07, 6.45) is 1.16. The smallest absolute Gasteiger partial charge is 0.254 e. The molecule has 1 aromatic heterocycles. The number of fused-ring (bicyclic) bond motifs is 1. The quantitative estimate of drug-likeness (QED) is 0.513. The molecule has 6 nitrogen and oxygen atoms in total. The summed E-state index contributed by atoms with van der Waals surface area (Å²) in [5, 5.41) is 8.49. The van der Waals surface area contributed by atoms with Crippen LogP contribution in [0.25, 0.3) is 0 Å². The molecule has 176 valence electrons. The van der Waals surface area contributed by atoms with Crippen LogP contribution in [-0.2, 0) is 9.59 Å². The van der Waals surface area contributed by atoms with E-state index in [1.165, 1.54) is 4.88 Å². The Labute approximate surface area is 207 Å². The van der Waals surface area contributed by atoms with Gasteiger partial charge in [0.15, 0.2) is 17.3 Å². The zero-order valence-electron chi connectivity index (χ0n) is 19.2. The van der Waals surface area contributed by atoms with E-state index in [4.69, 9.17) is 9.47 Å². The minimum Gasteiger partial charge on any atom is -0.454 e. The molecule has 0 saturated heterocycles. The number of allylic oxidation sites excluding steroid dienone is 3. The summed E-state index contributed by atoms with van der Waals surface area (Å²) in [6, 6.07) is 19.1. The average molecular weight is 485 g/mol. The lowest BCUT2D eigenvalue weighted by Gasteiger charge is -2.36. The van der Waals surface area contributed by atoms with Gasteiger partial charge in [0.2, 0.25) is 6.79 Å². The summed E-state index contributed by atoms with van der Waals surface area (Å²) in [6.45, 7) is 2.07. The van der Waals surface area contributed by atoms with E-state index in [1.54, 1.807) is 11.3 Å². The predicted octanol–water partition coefficient (Wildman–Crippen LogP) is 5.48. The second kappa shape index (κ2) is 8.74. The van der Waals surface area contributed by atoms with Crippen molar-refractivity contribution in [2.24, 2.45) is 0 Å². The maximum Gasteiger partial charge on any atom is 0.254 e. The number of hydrogen-bond donors (Lipinski definition) is 2. The zero-order valence-corrected chi connectivity index (χ0v) is 20.0. The van der Waals surface area contributed by atoms with Crippen LogP contribution in [0.1, 0.15) is 42.0 Å². The lowest BCUT2D eigenvalue weighted by Crippen LogP contribution is -2.37. The first-order valence-electron chi connectivity index (χ1n) is 11.6. The summed E-state index contributed by atoms with van der Waals surface area (Å²) in [5.41, 5.74) is 4.39. The van der Waals surface area contributed by atoms with E-state index in [-0.39, 0.29) is 24.4 Å². The summed E-state index contributed by atoms with van der Waals surface area (Å²) < 4.78 is 11.1. The van der Waals surface area contributed by atoms with Crippen molar-refractivity contribution >= 4 is 28.7 Å². The third kappa shape index (κ3) is 3.91. The largest absolute Gasteiger partial charge is 0.454 e. The van der Waals surface area contributed by atoms with Gasteiger partial charge in [-0.25, -0.2) is 0 Å². The molecule has 3 aliphatic rings. The fourth-order valence-electron chi connectivity index (χ4n) is 5.21. The Hall–Kier alpha value is -3.84. The number of para-hydroxylation sites is 1. The monoisotopic (exact) mass is 484 g/mol. The molecule has 1 aliphatic carbocycles. The summed E-state index contributed by atoms with van der Waals surface area (Å²) in [5.74, 6) is 0.768. The Kier molecular flexibility index (Phi) is 5.41. The molecule has 0 radical (unpaired) electrons. The SMILES string of the molecule is CC1=C(C(=O)Nc2ccccc2)[C@@H](c2ccc3c(c2)OCO3)C2=C(C[C@H](c3cccs3)CC2=O)N1. The van der Waals surface area contributed by atoms with Gasteiger partial charge in [0, 0.05) is 51.4 Å². The van der Waals surface area contributed by atoms with Gasteiger partial charge in [-0.15, -0.1) is 11.3 Å². The highest BCUT2D eigenvalue weighted by Gasteiger charge is 2.41. The first kappa shape index (κ1) is 21.7. The second-order valence-electron chi connectivity index (χ2n) is 8.97.